The molecular weight excluding hydrogens is 374 g/mol. The number of carbonyl (C=O) groups excluding carboxylic acids is 1. The molecule has 1 aliphatic heterocycles. The quantitative estimate of drug-likeness (QED) is 0.760. The summed E-state index contributed by atoms with van der Waals surface area (Å²) < 4.78 is 5.94. The van der Waals surface area contributed by atoms with Crippen molar-refractivity contribution in [2.24, 2.45) is 5.92 Å². The molecule has 1 saturated heterocycles. The number of nitrogens with one attached hydrogen (secondary N) is 1. The third-order valence-electron chi connectivity index (χ3n) is 6.34. The molecule has 4 rings (SSSR count). The Hall–Kier alpha value is -2.84. The molecule has 30 heavy (non-hydrogen) atoms. The Bertz CT molecular complexity index is 920. The summed E-state index contributed by atoms with van der Waals surface area (Å²) in [5.41, 5.74) is 4.24. The highest BCUT2D eigenvalue weighted by atomic mass is 16.5. The Morgan fingerprint density at radius 2 is 1.83 bits per heavy atom. The van der Waals surface area contributed by atoms with Crippen LogP contribution in [0.15, 0.2) is 42.5 Å². The normalized spacial score (nSPS) is 17.3. The topological polar surface area (TPSA) is 65.4 Å². The Balaban J connectivity index is 1.29. The largest absolute Gasteiger partial charge is 0.489 e. The van der Waals surface area contributed by atoms with Crippen molar-refractivity contribution in [3.05, 3.63) is 64.7 Å². The summed E-state index contributed by atoms with van der Waals surface area (Å²) in [6.07, 6.45) is 4.92. The average Bonchev–Trinajstić information content (AvgIpc) is 3.29. The summed E-state index contributed by atoms with van der Waals surface area (Å²) in [7, 11) is 1.69. The molecule has 2 fully saturated rings. The van der Waals surface area contributed by atoms with Gasteiger partial charge in [-0.25, -0.2) is 0 Å². The molecule has 1 heterocycles. The van der Waals surface area contributed by atoms with Crippen molar-refractivity contribution in [1.29, 1.82) is 5.26 Å². The zero-order valence-corrected chi connectivity index (χ0v) is 17.6. The number of nitriles is 1. The molecule has 1 aliphatic carbocycles. The van der Waals surface area contributed by atoms with Gasteiger partial charge in [0, 0.05) is 26.7 Å². The molecule has 0 aromatic heterocycles. The van der Waals surface area contributed by atoms with E-state index in [0.717, 1.165) is 36.5 Å². The first-order valence-corrected chi connectivity index (χ1v) is 10.8. The summed E-state index contributed by atoms with van der Waals surface area (Å²) in [4.78, 5) is 13.8. The molecule has 0 radical (unpaired) electrons. The standard InChI is InChI=1S/C25H29N3O2/c1-27-25(29)22-15-28(16-22)14-18-6-9-23(10-7-18)30-17-19-8-11-24(21(12-19)13-26)20-4-2-3-5-20/h6-12,20,22H,2-5,14-17H2,1H3,(H,27,29). The summed E-state index contributed by atoms with van der Waals surface area (Å²) in [6.45, 7) is 2.94. The lowest BCUT2D eigenvalue weighted by Crippen LogP contribution is -2.52. The Morgan fingerprint density at radius 1 is 1.13 bits per heavy atom. The molecule has 0 atom stereocenters. The molecule has 156 valence electrons. The van der Waals surface area contributed by atoms with Crippen LogP contribution in [0, 0.1) is 17.2 Å². The number of benzene rings is 2. The van der Waals surface area contributed by atoms with Crippen molar-refractivity contribution in [2.75, 3.05) is 20.1 Å². The van der Waals surface area contributed by atoms with Gasteiger partial charge in [-0.2, -0.15) is 5.26 Å². The SMILES string of the molecule is CNC(=O)C1CN(Cc2ccc(OCc3ccc(C4CCCC4)c(C#N)c3)cc2)C1. The van der Waals surface area contributed by atoms with Gasteiger partial charge in [-0.15, -0.1) is 0 Å². The first-order valence-electron chi connectivity index (χ1n) is 10.8. The number of hydrogen-bond acceptors (Lipinski definition) is 4. The number of amides is 1. The van der Waals surface area contributed by atoms with Gasteiger partial charge in [0.05, 0.1) is 17.6 Å². The number of carbonyl (C=O) groups is 1. The van der Waals surface area contributed by atoms with Crippen LogP contribution in [0.5, 0.6) is 5.75 Å². The highest BCUT2D eigenvalue weighted by Gasteiger charge is 2.31. The van der Waals surface area contributed by atoms with Gasteiger partial charge in [-0.3, -0.25) is 9.69 Å². The Kier molecular flexibility index (Phi) is 6.35. The molecule has 1 N–H and O–H groups in total. The van der Waals surface area contributed by atoms with E-state index in [1.54, 1.807) is 7.05 Å². The molecule has 0 spiro atoms. The second-order valence-electron chi connectivity index (χ2n) is 8.45. The first-order chi connectivity index (χ1) is 14.7. The van der Waals surface area contributed by atoms with E-state index in [4.69, 9.17) is 4.74 Å². The summed E-state index contributed by atoms with van der Waals surface area (Å²) in [5, 5.41) is 12.3. The summed E-state index contributed by atoms with van der Waals surface area (Å²) in [5.74, 6) is 1.62. The van der Waals surface area contributed by atoms with Crippen LogP contribution in [-0.2, 0) is 17.9 Å². The van der Waals surface area contributed by atoms with Gasteiger partial charge in [-0.1, -0.05) is 37.1 Å². The minimum absolute atomic E-state index is 0.121. The van der Waals surface area contributed by atoms with Crippen molar-refractivity contribution in [3.63, 3.8) is 0 Å². The molecule has 5 heteroatoms. The maximum Gasteiger partial charge on any atom is 0.225 e. The van der Waals surface area contributed by atoms with Crippen molar-refractivity contribution < 1.29 is 9.53 Å². The fourth-order valence-corrected chi connectivity index (χ4v) is 4.57. The van der Waals surface area contributed by atoms with Crippen LogP contribution in [0.1, 0.15) is 53.9 Å². The van der Waals surface area contributed by atoms with E-state index in [1.165, 1.54) is 36.8 Å². The fourth-order valence-electron chi connectivity index (χ4n) is 4.57. The van der Waals surface area contributed by atoms with Gasteiger partial charge in [0.2, 0.25) is 5.91 Å². The Labute approximate surface area is 178 Å². The average molecular weight is 404 g/mol. The zero-order valence-electron chi connectivity index (χ0n) is 17.6. The third kappa shape index (κ3) is 4.66. The summed E-state index contributed by atoms with van der Waals surface area (Å²) >= 11 is 0. The number of nitrogens with zero attached hydrogens (tertiary/aromatic N) is 2. The summed E-state index contributed by atoms with van der Waals surface area (Å²) in [6, 6.07) is 16.7. The van der Waals surface area contributed by atoms with Crippen LogP contribution in [-0.4, -0.2) is 30.9 Å². The van der Waals surface area contributed by atoms with Gasteiger partial charge in [0.15, 0.2) is 0 Å². The van der Waals surface area contributed by atoms with Crippen molar-refractivity contribution in [1.82, 2.24) is 10.2 Å². The van der Waals surface area contributed by atoms with Crippen molar-refractivity contribution >= 4 is 5.91 Å². The van der Waals surface area contributed by atoms with Crippen LogP contribution in [0.4, 0.5) is 0 Å². The molecule has 2 aromatic carbocycles. The predicted molar refractivity (Wildman–Crippen MR) is 116 cm³/mol. The second kappa shape index (κ2) is 9.32. The minimum Gasteiger partial charge on any atom is -0.489 e. The first kappa shape index (κ1) is 20.4. The van der Waals surface area contributed by atoms with Crippen LogP contribution in [0.25, 0.3) is 0 Å². The maximum atomic E-state index is 11.6. The number of hydrogen-bond donors (Lipinski definition) is 1. The zero-order chi connectivity index (χ0) is 20.9. The number of likely N-dealkylation sites (tertiary alicyclic amines) is 1. The van der Waals surface area contributed by atoms with E-state index >= 15 is 0 Å². The number of ether oxygens (including phenoxy) is 1. The molecule has 5 nitrogen and oxygen atoms in total. The molecular formula is C25H29N3O2. The van der Waals surface area contributed by atoms with Crippen molar-refractivity contribution in [2.45, 2.75) is 44.8 Å². The molecule has 2 aromatic rings. The molecule has 1 saturated carbocycles. The van der Waals surface area contributed by atoms with Gasteiger partial charge >= 0.3 is 0 Å². The molecule has 1 amide bonds. The van der Waals surface area contributed by atoms with Crippen LogP contribution >= 0.6 is 0 Å². The number of rotatable bonds is 7. The lowest BCUT2D eigenvalue weighted by molar-refractivity contribution is -0.129. The van der Waals surface area contributed by atoms with E-state index in [2.05, 4.69) is 40.6 Å². The maximum absolute atomic E-state index is 11.6. The van der Waals surface area contributed by atoms with E-state index in [0.29, 0.717) is 12.5 Å². The van der Waals surface area contributed by atoms with E-state index in [1.807, 2.05) is 18.2 Å². The third-order valence-corrected chi connectivity index (χ3v) is 6.34. The second-order valence-corrected chi connectivity index (χ2v) is 8.45. The minimum atomic E-state index is 0.121. The smallest absolute Gasteiger partial charge is 0.225 e. The molecule has 2 aliphatic rings. The van der Waals surface area contributed by atoms with Gasteiger partial charge in [0.25, 0.3) is 0 Å². The predicted octanol–water partition coefficient (Wildman–Crippen LogP) is 3.97. The lowest BCUT2D eigenvalue weighted by Gasteiger charge is -2.38. The van der Waals surface area contributed by atoms with Crippen LogP contribution in [0.2, 0.25) is 0 Å². The molecule has 0 bridgehead atoms. The van der Waals surface area contributed by atoms with E-state index < -0.39 is 0 Å². The van der Waals surface area contributed by atoms with Crippen LogP contribution in [0.3, 0.4) is 0 Å². The van der Waals surface area contributed by atoms with E-state index in [9.17, 15) is 10.1 Å². The Morgan fingerprint density at radius 3 is 2.50 bits per heavy atom. The molecule has 0 unspecified atom stereocenters. The van der Waals surface area contributed by atoms with Crippen molar-refractivity contribution in [3.8, 4) is 11.8 Å². The lowest BCUT2D eigenvalue weighted by atomic mass is 9.92. The highest BCUT2D eigenvalue weighted by Crippen LogP contribution is 2.36. The van der Waals surface area contributed by atoms with Gasteiger partial charge in [-0.05, 0) is 53.6 Å². The highest BCUT2D eigenvalue weighted by molar-refractivity contribution is 5.79. The van der Waals surface area contributed by atoms with Gasteiger partial charge in [0.1, 0.15) is 12.4 Å². The van der Waals surface area contributed by atoms with Crippen LogP contribution < -0.4 is 10.1 Å². The van der Waals surface area contributed by atoms with Gasteiger partial charge < -0.3 is 10.1 Å². The van der Waals surface area contributed by atoms with E-state index in [-0.39, 0.29) is 11.8 Å². The monoisotopic (exact) mass is 403 g/mol. The fraction of sp³-hybridized carbons (Fsp3) is 0.440.